The fraction of sp³-hybridized carbons (Fsp3) is 0.900. The fourth-order valence-corrected chi connectivity index (χ4v) is 1.81. The summed E-state index contributed by atoms with van der Waals surface area (Å²) in [4.78, 5) is 11.5. The quantitative estimate of drug-likeness (QED) is 0.703. The Hall–Kier alpha value is -0.280. The number of aliphatic hydroxyl groups is 1. The molecule has 0 aromatic carbocycles. The third kappa shape index (κ3) is 3.14. The molecule has 0 aliphatic heterocycles. The molecule has 82 valence electrons. The Morgan fingerprint density at radius 3 is 2.79 bits per heavy atom. The Morgan fingerprint density at radius 2 is 2.21 bits per heavy atom. The first-order chi connectivity index (χ1) is 6.65. The Kier molecular flexibility index (Phi) is 4.69. The highest BCUT2D eigenvalue weighted by Crippen LogP contribution is 2.18. The standard InChI is InChI=1S/C10H18ClNO2/c1-7(6-11)10(14)12-8-4-2-3-5-9(8)13/h7-9,13H,2-6H2,1H3,(H,12,14). The number of aliphatic hydroxyl groups excluding tert-OH is 1. The van der Waals surface area contributed by atoms with Gasteiger partial charge in [-0.3, -0.25) is 4.79 Å². The molecule has 14 heavy (non-hydrogen) atoms. The van der Waals surface area contributed by atoms with Gasteiger partial charge in [0.25, 0.3) is 0 Å². The van der Waals surface area contributed by atoms with Gasteiger partial charge < -0.3 is 10.4 Å². The van der Waals surface area contributed by atoms with Crippen LogP contribution in [0, 0.1) is 5.92 Å². The lowest BCUT2D eigenvalue weighted by atomic mass is 9.92. The lowest BCUT2D eigenvalue weighted by Crippen LogP contribution is -2.47. The van der Waals surface area contributed by atoms with Crippen LogP contribution in [-0.4, -0.2) is 29.0 Å². The summed E-state index contributed by atoms with van der Waals surface area (Å²) in [5.41, 5.74) is 0. The summed E-state index contributed by atoms with van der Waals surface area (Å²) in [6.07, 6.45) is 3.42. The molecular weight excluding hydrogens is 202 g/mol. The lowest BCUT2D eigenvalue weighted by molar-refractivity contribution is -0.125. The van der Waals surface area contributed by atoms with Gasteiger partial charge in [-0.15, -0.1) is 11.6 Å². The molecule has 1 saturated carbocycles. The first-order valence-electron chi connectivity index (χ1n) is 5.19. The molecule has 1 rings (SSSR count). The van der Waals surface area contributed by atoms with Crippen molar-refractivity contribution in [3.8, 4) is 0 Å². The Morgan fingerprint density at radius 1 is 1.57 bits per heavy atom. The number of hydrogen-bond donors (Lipinski definition) is 2. The highest BCUT2D eigenvalue weighted by Gasteiger charge is 2.25. The number of carbonyl (C=O) groups is 1. The van der Waals surface area contributed by atoms with E-state index in [2.05, 4.69) is 5.32 Å². The summed E-state index contributed by atoms with van der Waals surface area (Å²) < 4.78 is 0. The lowest BCUT2D eigenvalue weighted by Gasteiger charge is -2.29. The van der Waals surface area contributed by atoms with Gasteiger partial charge in [-0.25, -0.2) is 0 Å². The molecule has 2 N–H and O–H groups in total. The first kappa shape index (κ1) is 11.8. The number of hydrogen-bond acceptors (Lipinski definition) is 2. The molecule has 0 spiro atoms. The van der Waals surface area contributed by atoms with Gasteiger partial charge in [0.1, 0.15) is 0 Å². The van der Waals surface area contributed by atoms with Crippen molar-refractivity contribution in [2.24, 2.45) is 5.92 Å². The van der Waals surface area contributed by atoms with E-state index >= 15 is 0 Å². The number of carbonyl (C=O) groups excluding carboxylic acids is 1. The monoisotopic (exact) mass is 219 g/mol. The van der Waals surface area contributed by atoms with Gasteiger partial charge in [0, 0.05) is 11.8 Å². The van der Waals surface area contributed by atoms with Gasteiger partial charge in [-0.2, -0.15) is 0 Å². The van der Waals surface area contributed by atoms with Crippen LogP contribution < -0.4 is 5.32 Å². The Bertz CT molecular complexity index is 199. The van der Waals surface area contributed by atoms with Crippen LogP contribution in [0.1, 0.15) is 32.6 Å². The van der Waals surface area contributed by atoms with E-state index in [0.29, 0.717) is 5.88 Å². The number of amides is 1. The molecule has 3 unspecified atom stereocenters. The van der Waals surface area contributed by atoms with E-state index < -0.39 is 0 Å². The highest BCUT2D eigenvalue weighted by atomic mass is 35.5. The molecule has 1 amide bonds. The molecule has 4 heteroatoms. The second-order valence-electron chi connectivity index (χ2n) is 4.02. The van der Waals surface area contributed by atoms with Crippen molar-refractivity contribution in [1.29, 1.82) is 0 Å². The zero-order valence-electron chi connectivity index (χ0n) is 8.50. The molecule has 3 nitrogen and oxygen atoms in total. The Balaban J connectivity index is 2.38. The van der Waals surface area contributed by atoms with E-state index in [1.54, 1.807) is 6.92 Å². The third-order valence-electron chi connectivity index (χ3n) is 2.74. The van der Waals surface area contributed by atoms with Crippen LogP contribution in [0.4, 0.5) is 0 Å². The van der Waals surface area contributed by atoms with Gasteiger partial charge in [0.2, 0.25) is 5.91 Å². The molecule has 0 saturated heterocycles. The number of alkyl halides is 1. The summed E-state index contributed by atoms with van der Waals surface area (Å²) in [6.45, 7) is 1.79. The maximum absolute atomic E-state index is 11.5. The molecule has 1 aliphatic carbocycles. The van der Waals surface area contributed by atoms with E-state index in [1.165, 1.54) is 0 Å². The van der Waals surface area contributed by atoms with Crippen LogP contribution in [0.3, 0.4) is 0 Å². The summed E-state index contributed by atoms with van der Waals surface area (Å²) >= 11 is 5.58. The molecule has 3 atom stereocenters. The fourth-order valence-electron chi connectivity index (χ4n) is 1.67. The van der Waals surface area contributed by atoms with E-state index in [0.717, 1.165) is 25.7 Å². The molecule has 0 aromatic rings. The van der Waals surface area contributed by atoms with Crippen molar-refractivity contribution in [3.63, 3.8) is 0 Å². The molecule has 1 fully saturated rings. The molecular formula is C10H18ClNO2. The zero-order chi connectivity index (χ0) is 10.6. The predicted molar refractivity (Wildman–Crippen MR) is 56.3 cm³/mol. The van der Waals surface area contributed by atoms with Crippen LogP contribution in [0.5, 0.6) is 0 Å². The van der Waals surface area contributed by atoms with Gasteiger partial charge in [-0.1, -0.05) is 19.8 Å². The van der Waals surface area contributed by atoms with E-state index in [1.807, 2.05) is 0 Å². The van der Waals surface area contributed by atoms with Gasteiger partial charge in [0.15, 0.2) is 0 Å². The minimum absolute atomic E-state index is 0.0500. The summed E-state index contributed by atoms with van der Waals surface area (Å²) in [7, 11) is 0. The largest absolute Gasteiger partial charge is 0.391 e. The molecule has 1 aliphatic rings. The van der Waals surface area contributed by atoms with Crippen molar-refractivity contribution in [1.82, 2.24) is 5.32 Å². The Labute approximate surface area is 89.8 Å². The van der Waals surface area contributed by atoms with Crippen molar-refractivity contribution < 1.29 is 9.90 Å². The average molecular weight is 220 g/mol. The molecule has 0 aromatic heterocycles. The topological polar surface area (TPSA) is 49.3 Å². The van der Waals surface area contributed by atoms with Crippen LogP contribution in [0.25, 0.3) is 0 Å². The van der Waals surface area contributed by atoms with Crippen molar-refractivity contribution in [2.75, 3.05) is 5.88 Å². The minimum atomic E-state index is -0.379. The van der Waals surface area contributed by atoms with Gasteiger partial charge >= 0.3 is 0 Å². The van der Waals surface area contributed by atoms with Crippen molar-refractivity contribution in [2.45, 2.75) is 44.8 Å². The molecule has 0 radical (unpaired) electrons. The second kappa shape index (κ2) is 5.56. The summed E-state index contributed by atoms with van der Waals surface area (Å²) in [5.74, 6) is 0.103. The average Bonchev–Trinajstić information content (AvgIpc) is 2.20. The van der Waals surface area contributed by atoms with Gasteiger partial charge in [-0.05, 0) is 12.8 Å². The maximum Gasteiger partial charge on any atom is 0.224 e. The van der Waals surface area contributed by atoms with Crippen molar-refractivity contribution >= 4 is 17.5 Å². The van der Waals surface area contributed by atoms with E-state index in [4.69, 9.17) is 11.6 Å². The van der Waals surface area contributed by atoms with Crippen molar-refractivity contribution in [3.05, 3.63) is 0 Å². The second-order valence-corrected chi connectivity index (χ2v) is 4.33. The maximum atomic E-state index is 11.5. The van der Waals surface area contributed by atoms with Crippen LogP contribution >= 0.6 is 11.6 Å². The SMILES string of the molecule is CC(CCl)C(=O)NC1CCCCC1O. The summed E-state index contributed by atoms with van der Waals surface area (Å²) in [5, 5.41) is 12.5. The van der Waals surface area contributed by atoms with Crippen LogP contribution in [0.2, 0.25) is 0 Å². The predicted octanol–water partition coefficient (Wildman–Crippen LogP) is 1.28. The normalized spacial score (nSPS) is 29.6. The molecule has 0 bridgehead atoms. The zero-order valence-corrected chi connectivity index (χ0v) is 9.26. The third-order valence-corrected chi connectivity index (χ3v) is 3.20. The first-order valence-corrected chi connectivity index (χ1v) is 5.73. The van der Waals surface area contributed by atoms with E-state index in [-0.39, 0.29) is 24.0 Å². The molecule has 0 heterocycles. The number of rotatable bonds is 3. The highest BCUT2D eigenvalue weighted by molar-refractivity contribution is 6.19. The minimum Gasteiger partial charge on any atom is -0.391 e. The van der Waals surface area contributed by atoms with E-state index in [9.17, 15) is 9.90 Å². The van der Waals surface area contributed by atoms with Gasteiger partial charge in [0.05, 0.1) is 12.1 Å². The summed E-state index contributed by atoms with van der Waals surface area (Å²) in [6, 6.07) is -0.0677. The van der Waals surface area contributed by atoms with Crippen LogP contribution in [-0.2, 0) is 4.79 Å². The van der Waals surface area contributed by atoms with Crippen LogP contribution in [0.15, 0.2) is 0 Å². The smallest absolute Gasteiger partial charge is 0.224 e. The number of nitrogens with one attached hydrogen (secondary N) is 1. The number of halogens is 1.